The number of amides is 3. The Hall–Kier alpha value is -2.36. The maximum absolute atomic E-state index is 12.0. The van der Waals surface area contributed by atoms with E-state index in [0.717, 1.165) is 0 Å². The van der Waals surface area contributed by atoms with E-state index in [1.807, 2.05) is 0 Å². The average molecular weight is 416 g/mol. The molecule has 168 valence electrons. The first-order chi connectivity index (χ1) is 13.1. The van der Waals surface area contributed by atoms with Gasteiger partial charge in [0.15, 0.2) is 0 Å². The third-order valence-electron chi connectivity index (χ3n) is 3.21. The lowest BCUT2D eigenvalue weighted by Gasteiger charge is -2.21. The summed E-state index contributed by atoms with van der Waals surface area (Å²) in [5.74, 6) is -0.195. The predicted molar refractivity (Wildman–Crippen MR) is 112 cm³/mol. The second kappa shape index (κ2) is 11.6. The minimum atomic E-state index is -0.838. The quantitative estimate of drug-likeness (QED) is 0.343. The smallest absolute Gasteiger partial charge is 0.437 e. The summed E-state index contributed by atoms with van der Waals surface area (Å²) in [4.78, 5) is 40.9. The molecule has 0 aliphatic heterocycles. The molecule has 1 unspecified atom stereocenters. The van der Waals surface area contributed by atoms with Crippen LogP contribution in [0.3, 0.4) is 0 Å². The van der Waals surface area contributed by atoms with Gasteiger partial charge >= 0.3 is 12.2 Å². The molecule has 0 heterocycles. The molecule has 10 nitrogen and oxygen atoms in total. The van der Waals surface area contributed by atoms with Gasteiger partial charge in [0.2, 0.25) is 11.9 Å². The number of hydrogen-bond donors (Lipinski definition) is 3. The summed E-state index contributed by atoms with van der Waals surface area (Å²) >= 11 is 0. The van der Waals surface area contributed by atoms with E-state index in [9.17, 15) is 14.4 Å². The fraction of sp³-hybridized carbons (Fsp3) is 0.789. The van der Waals surface area contributed by atoms with Crippen LogP contribution >= 0.6 is 0 Å². The van der Waals surface area contributed by atoms with Crippen LogP contribution in [0.1, 0.15) is 60.8 Å². The number of nitrogens with two attached hydrogens (primary N) is 1. The van der Waals surface area contributed by atoms with Gasteiger partial charge in [0.05, 0.1) is 6.04 Å². The van der Waals surface area contributed by atoms with E-state index in [1.54, 1.807) is 55.6 Å². The normalized spacial score (nSPS) is 13.3. The lowest BCUT2D eigenvalue weighted by molar-refractivity contribution is -0.130. The molecular formula is C19H37N5O5. The Balaban J connectivity index is 4.76. The number of carbonyl (C=O) groups is 3. The minimum absolute atomic E-state index is 0.0674. The molecule has 0 saturated heterocycles. The highest BCUT2D eigenvalue weighted by Gasteiger charge is 2.20. The zero-order chi connectivity index (χ0) is 22.8. The Labute approximate surface area is 173 Å². The molecule has 0 rings (SSSR count). The summed E-state index contributed by atoms with van der Waals surface area (Å²) in [7, 11) is 3.32. The number of aliphatic imine (C=N–C) groups is 1. The van der Waals surface area contributed by atoms with E-state index in [-0.39, 0.29) is 11.9 Å². The van der Waals surface area contributed by atoms with Crippen molar-refractivity contribution in [3.8, 4) is 0 Å². The third-order valence-corrected chi connectivity index (χ3v) is 3.21. The summed E-state index contributed by atoms with van der Waals surface area (Å²) < 4.78 is 10.3. The third kappa shape index (κ3) is 14.3. The van der Waals surface area contributed by atoms with Gasteiger partial charge in [-0.15, -0.1) is 4.99 Å². The Morgan fingerprint density at radius 2 is 1.55 bits per heavy atom. The molecule has 0 aromatic carbocycles. The molecule has 0 aromatic rings. The molecule has 0 fully saturated rings. The van der Waals surface area contributed by atoms with Crippen LogP contribution in [0.2, 0.25) is 0 Å². The molecular weight excluding hydrogens is 378 g/mol. The van der Waals surface area contributed by atoms with Crippen LogP contribution in [0.5, 0.6) is 0 Å². The molecule has 0 spiro atoms. The molecule has 0 saturated carbocycles. The highest BCUT2D eigenvalue weighted by Crippen LogP contribution is 2.09. The summed E-state index contributed by atoms with van der Waals surface area (Å²) in [6, 6.07) is -0.556. The maximum Gasteiger partial charge on any atom is 0.437 e. The zero-order valence-corrected chi connectivity index (χ0v) is 18.9. The summed E-state index contributed by atoms with van der Waals surface area (Å²) in [5.41, 5.74) is 4.43. The molecule has 29 heavy (non-hydrogen) atoms. The highest BCUT2D eigenvalue weighted by atomic mass is 16.6. The van der Waals surface area contributed by atoms with Gasteiger partial charge in [-0.25, -0.2) is 9.59 Å². The van der Waals surface area contributed by atoms with Crippen molar-refractivity contribution in [3.05, 3.63) is 0 Å². The Morgan fingerprint density at radius 3 is 2.03 bits per heavy atom. The molecule has 0 radical (unpaired) electrons. The predicted octanol–water partition coefficient (Wildman–Crippen LogP) is 1.98. The van der Waals surface area contributed by atoms with Crippen molar-refractivity contribution < 1.29 is 23.9 Å². The number of nitrogens with one attached hydrogen (secondary N) is 2. The van der Waals surface area contributed by atoms with E-state index in [2.05, 4.69) is 15.6 Å². The van der Waals surface area contributed by atoms with Gasteiger partial charge in [0.25, 0.3) is 0 Å². The number of ether oxygens (including phenoxy) is 2. The van der Waals surface area contributed by atoms with Crippen molar-refractivity contribution >= 4 is 24.1 Å². The van der Waals surface area contributed by atoms with Gasteiger partial charge in [0, 0.05) is 20.6 Å². The number of nitrogens with zero attached hydrogens (tertiary/aromatic N) is 2. The number of hydrogen-bond acceptors (Lipinski definition) is 6. The summed E-state index contributed by atoms with van der Waals surface area (Å²) in [5, 5.41) is 5.29. The van der Waals surface area contributed by atoms with Gasteiger partial charge < -0.3 is 25.4 Å². The monoisotopic (exact) mass is 415 g/mol. The molecule has 1 atom stereocenters. The lowest BCUT2D eigenvalue weighted by Crippen LogP contribution is -2.44. The highest BCUT2D eigenvalue weighted by molar-refractivity contribution is 5.98. The van der Waals surface area contributed by atoms with Gasteiger partial charge in [-0.3, -0.25) is 10.1 Å². The largest absolute Gasteiger partial charge is 0.444 e. The number of unbranched alkanes of at least 4 members (excludes halogenated alkanes) is 1. The molecule has 0 aliphatic rings. The van der Waals surface area contributed by atoms with Crippen molar-refractivity contribution in [1.82, 2.24) is 15.5 Å². The van der Waals surface area contributed by atoms with E-state index >= 15 is 0 Å². The van der Waals surface area contributed by atoms with Crippen molar-refractivity contribution in [2.24, 2.45) is 10.7 Å². The first-order valence-corrected chi connectivity index (χ1v) is 9.63. The molecule has 10 heteroatoms. The van der Waals surface area contributed by atoms with Crippen LogP contribution in [0, 0.1) is 0 Å². The van der Waals surface area contributed by atoms with Gasteiger partial charge in [-0.1, -0.05) is 0 Å². The van der Waals surface area contributed by atoms with Crippen LogP contribution in [0.4, 0.5) is 9.59 Å². The van der Waals surface area contributed by atoms with Crippen LogP contribution in [0.25, 0.3) is 0 Å². The summed E-state index contributed by atoms with van der Waals surface area (Å²) in [6.45, 7) is 10.7. The van der Waals surface area contributed by atoms with Crippen LogP contribution in [0.15, 0.2) is 4.99 Å². The van der Waals surface area contributed by atoms with E-state index in [1.165, 1.54) is 4.90 Å². The van der Waals surface area contributed by atoms with Crippen LogP contribution in [-0.2, 0) is 14.3 Å². The fourth-order valence-electron chi connectivity index (χ4n) is 2.04. The van der Waals surface area contributed by atoms with Crippen LogP contribution in [-0.4, -0.2) is 66.8 Å². The number of carbonyl (C=O) groups excluding carboxylic acids is 3. The van der Waals surface area contributed by atoms with Crippen molar-refractivity contribution in [2.45, 2.75) is 78.0 Å². The summed E-state index contributed by atoms with van der Waals surface area (Å²) in [6.07, 6.45) is 0.273. The first-order valence-electron chi connectivity index (χ1n) is 9.63. The fourth-order valence-corrected chi connectivity index (χ4v) is 2.04. The molecule has 0 aliphatic carbocycles. The Kier molecular flexibility index (Phi) is 10.7. The van der Waals surface area contributed by atoms with E-state index in [0.29, 0.717) is 25.8 Å². The maximum atomic E-state index is 12.0. The molecule has 0 bridgehead atoms. The van der Waals surface area contributed by atoms with Crippen LogP contribution < -0.4 is 16.4 Å². The van der Waals surface area contributed by atoms with Crippen molar-refractivity contribution in [3.63, 3.8) is 0 Å². The SMILES string of the molecule is CN(C)C(=O)C(N)CCCCNC(=NC(=O)OC(C)(C)C)NC(=O)OC(C)(C)C. The Morgan fingerprint density at radius 1 is 1.00 bits per heavy atom. The number of rotatable bonds is 6. The Bertz CT molecular complexity index is 591. The molecule has 3 amide bonds. The molecule has 0 aromatic heterocycles. The van der Waals surface area contributed by atoms with E-state index in [4.69, 9.17) is 15.2 Å². The topological polar surface area (TPSA) is 135 Å². The second-order valence-corrected chi connectivity index (χ2v) is 8.83. The van der Waals surface area contributed by atoms with E-state index < -0.39 is 29.4 Å². The lowest BCUT2D eigenvalue weighted by atomic mass is 10.1. The number of alkyl carbamates (subject to hydrolysis) is 1. The first kappa shape index (κ1) is 26.6. The zero-order valence-electron chi connectivity index (χ0n) is 18.9. The second-order valence-electron chi connectivity index (χ2n) is 8.83. The average Bonchev–Trinajstić information content (AvgIpc) is 2.49. The number of likely N-dealkylation sites (N-methyl/N-ethyl adjacent to an activating group) is 1. The van der Waals surface area contributed by atoms with Gasteiger partial charge in [-0.2, -0.15) is 0 Å². The van der Waals surface area contributed by atoms with Gasteiger partial charge in [0.1, 0.15) is 11.2 Å². The van der Waals surface area contributed by atoms with Crippen molar-refractivity contribution in [2.75, 3.05) is 20.6 Å². The number of guanidine groups is 1. The van der Waals surface area contributed by atoms with Crippen molar-refractivity contribution in [1.29, 1.82) is 0 Å². The minimum Gasteiger partial charge on any atom is -0.444 e. The molecule has 4 N–H and O–H groups in total. The standard InChI is InChI=1S/C19H37N5O5/c1-18(2,3)28-16(26)22-15(23-17(27)29-19(4,5)6)21-12-10-9-11-13(20)14(25)24(7)8/h13H,9-12,20H2,1-8H3,(H2,21,22,23,26,27). The van der Waals surface area contributed by atoms with Gasteiger partial charge in [-0.05, 0) is 60.8 Å².